The Morgan fingerprint density at radius 2 is 1.70 bits per heavy atom. The molecule has 5 nitrogen and oxygen atoms in total. The van der Waals surface area contributed by atoms with Crippen molar-refractivity contribution >= 4 is 17.3 Å². The Labute approximate surface area is 159 Å². The number of ether oxygens (including phenoxy) is 1. The molecule has 0 saturated heterocycles. The third-order valence-electron chi connectivity index (χ3n) is 4.05. The zero-order valence-corrected chi connectivity index (χ0v) is 15.6. The van der Waals surface area contributed by atoms with Gasteiger partial charge in [-0.15, -0.1) is 0 Å². The molecule has 0 unspecified atom stereocenters. The zero-order valence-electron chi connectivity index (χ0n) is 15.6. The Hall–Kier alpha value is -3.34. The molecule has 3 rings (SSSR count). The van der Waals surface area contributed by atoms with Crippen LogP contribution in [0.25, 0.3) is 0 Å². The van der Waals surface area contributed by atoms with Gasteiger partial charge in [0.15, 0.2) is 0 Å². The monoisotopic (exact) mass is 361 g/mol. The van der Waals surface area contributed by atoms with Crippen LogP contribution in [-0.2, 0) is 6.54 Å². The molecule has 5 heteroatoms. The van der Waals surface area contributed by atoms with Crippen LogP contribution in [0.2, 0.25) is 0 Å². The summed E-state index contributed by atoms with van der Waals surface area (Å²) in [4.78, 5) is 18.5. The van der Waals surface area contributed by atoms with Crippen molar-refractivity contribution in [3.8, 4) is 5.75 Å². The summed E-state index contributed by atoms with van der Waals surface area (Å²) < 4.78 is 5.44. The summed E-state index contributed by atoms with van der Waals surface area (Å²) in [6.07, 6.45) is 1.67. The number of hydrogen-bond donors (Lipinski definition) is 1. The van der Waals surface area contributed by atoms with Crippen molar-refractivity contribution in [2.24, 2.45) is 0 Å². The fraction of sp³-hybridized carbons (Fsp3) is 0.182. The van der Waals surface area contributed by atoms with E-state index in [4.69, 9.17) is 4.74 Å². The van der Waals surface area contributed by atoms with Crippen molar-refractivity contribution in [1.29, 1.82) is 0 Å². The summed E-state index contributed by atoms with van der Waals surface area (Å²) in [6.45, 7) is 3.15. The standard InChI is InChI=1S/C22H23N3O2/c1-3-27-20-12-9-18(10-13-20)24-19-11-14-21(23-15-19)22(26)25(2)16-17-7-5-4-6-8-17/h4-15,24H,3,16H2,1-2H3. The second-order valence-electron chi connectivity index (χ2n) is 6.16. The first kappa shape index (κ1) is 18.5. The number of pyridine rings is 1. The lowest BCUT2D eigenvalue weighted by atomic mass is 10.2. The van der Waals surface area contributed by atoms with E-state index < -0.39 is 0 Å². The van der Waals surface area contributed by atoms with Crippen LogP contribution in [0.4, 0.5) is 11.4 Å². The van der Waals surface area contributed by atoms with E-state index in [9.17, 15) is 4.79 Å². The molecule has 0 aliphatic rings. The summed E-state index contributed by atoms with van der Waals surface area (Å²) in [6, 6.07) is 21.2. The van der Waals surface area contributed by atoms with E-state index in [1.807, 2.05) is 67.6 Å². The van der Waals surface area contributed by atoms with Gasteiger partial charge in [-0.3, -0.25) is 4.79 Å². The lowest BCUT2D eigenvalue weighted by Crippen LogP contribution is -2.26. The minimum atomic E-state index is -0.105. The minimum Gasteiger partial charge on any atom is -0.494 e. The number of benzene rings is 2. The van der Waals surface area contributed by atoms with Crippen molar-refractivity contribution < 1.29 is 9.53 Å². The molecule has 1 amide bonds. The highest BCUT2D eigenvalue weighted by atomic mass is 16.5. The average Bonchev–Trinajstić information content (AvgIpc) is 2.70. The topological polar surface area (TPSA) is 54.5 Å². The maximum Gasteiger partial charge on any atom is 0.272 e. The molecule has 0 aliphatic carbocycles. The van der Waals surface area contributed by atoms with E-state index >= 15 is 0 Å². The summed E-state index contributed by atoms with van der Waals surface area (Å²) in [5, 5.41) is 3.27. The molecule has 2 aromatic carbocycles. The summed E-state index contributed by atoms with van der Waals surface area (Å²) in [5.74, 6) is 0.732. The van der Waals surface area contributed by atoms with E-state index in [2.05, 4.69) is 10.3 Å². The van der Waals surface area contributed by atoms with Crippen molar-refractivity contribution in [1.82, 2.24) is 9.88 Å². The highest BCUT2D eigenvalue weighted by Gasteiger charge is 2.13. The zero-order chi connectivity index (χ0) is 19.1. The van der Waals surface area contributed by atoms with Crippen molar-refractivity contribution in [3.63, 3.8) is 0 Å². The Bertz CT molecular complexity index is 862. The van der Waals surface area contributed by atoms with Crippen LogP contribution in [0.1, 0.15) is 23.0 Å². The molecule has 27 heavy (non-hydrogen) atoms. The highest BCUT2D eigenvalue weighted by Crippen LogP contribution is 2.20. The molecule has 3 aromatic rings. The normalized spacial score (nSPS) is 10.3. The van der Waals surface area contributed by atoms with Crippen LogP contribution < -0.4 is 10.1 Å². The van der Waals surface area contributed by atoms with Gasteiger partial charge in [-0.2, -0.15) is 0 Å². The number of hydrogen-bond acceptors (Lipinski definition) is 4. The number of aromatic nitrogens is 1. The summed E-state index contributed by atoms with van der Waals surface area (Å²) >= 11 is 0. The Kier molecular flexibility index (Phi) is 6.05. The molecule has 0 spiro atoms. The highest BCUT2D eigenvalue weighted by molar-refractivity contribution is 5.92. The number of carbonyl (C=O) groups excluding carboxylic acids is 1. The fourth-order valence-corrected chi connectivity index (χ4v) is 2.69. The van der Waals surface area contributed by atoms with Gasteiger partial charge in [-0.25, -0.2) is 4.98 Å². The molecule has 138 valence electrons. The first-order chi connectivity index (χ1) is 13.2. The second kappa shape index (κ2) is 8.85. The molecular formula is C22H23N3O2. The van der Waals surface area contributed by atoms with Crippen LogP contribution in [0, 0.1) is 0 Å². The predicted octanol–water partition coefficient (Wildman–Crippen LogP) is 4.50. The van der Waals surface area contributed by atoms with Gasteiger partial charge in [0.25, 0.3) is 5.91 Å². The Morgan fingerprint density at radius 3 is 2.33 bits per heavy atom. The van der Waals surface area contributed by atoms with Crippen LogP contribution in [0.5, 0.6) is 5.75 Å². The minimum absolute atomic E-state index is 0.105. The largest absolute Gasteiger partial charge is 0.494 e. The van der Waals surface area contributed by atoms with E-state index in [-0.39, 0.29) is 5.91 Å². The number of anilines is 2. The molecule has 0 bridgehead atoms. The molecule has 1 heterocycles. The van der Waals surface area contributed by atoms with Crippen molar-refractivity contribution in [3.05, 3.63) is 84.2 Å². The predicted molar refractivity (Wildman–Crippen MR) is 107 cm³/mol. The van der Waals surface area contributed by atoms with Gasteiger partial charge in [0.2, 0.25) is 0 Å². The van der Waals surface area contributed by atoms with Crippen LogP contribution >= 0.6 is 0 Å². The van der Waals surface area contributed by atoms with Gasteiger partial charge in [0.05, 0.1) is 18.5 Å². The van der Waals surface area contributed by atoms with Gasteiger partial charge >= 0.3 is 0 Å². The lowest BCUT2D eigenvalue weighted by molar-refractivity contribution is 0.0779. The number of rotatable bonds is 7. The quantitative estimate of drug-likeness (QED) is 0.673. The van der Waals surface area contributed by atoms with E-state index in [1.165, 1.54) is 0 Å². The smallest absolute Gasteiger partial charge is 0.272 e. The first-order valence-electron chi connectivity index (χ1n) is 8.91. The van der Waals surface area contributed by atoms with Crippen molar-refractivity contribution in [2.45, 2.75) is 13.5 Å². The van der Waals surface area contributed by atoms with E-state index in [0.29, 0.717) is 18.8 Å². The fourth-order valence-electron chi connectivity index (χ4n) is 2.69. The SMILES string of the molecule is CCOc1ccc(Nc2ccc(C(=O)N(C)Cc3ccccc3)nc2)cc1. The first-order valence-corrected chi connectivity index (χ1v) is 8.91. The second-order valence-corrected chi connectivity index (χ2v) is 6.16. The number of carbonyl (C=O) groups is 1. The van der Waals surface area contributed by atoms with Gasteiger partial charge in [0.1, 0.15) is 11.4 Å². The molecule has 0 atom stereocenters. The number of nitrogens with zero attached hydrogens (tertiary/aromatic N) is 2. The summed E-state index contributed by atoms with van der Waals surface area (Å²) in [7, 11) is 1.78. The number of amides is 1. The Balaban J connectivity index is 1.61. The molecule has 1 N–H and O–H groups in total. The molecule has 0 fully saturated rings. The van der Waals surface area contributed by atoms with Crippen LogP contribution in [0.15, 0.2) is 72.9 Å². The third kappa shape index (κ3) is 5.07. The van der Waals surface area contributed by atoms with E-state index in [0.717, 1.165) is 22.7 Å². The molecule has 0 aliphatic heterocycles. The maximum atomic E-state index is 12.5. The van der Waals surface area contributed by atoms with Gasteiger partial charge in [0, 0.05) is 19.3 Å². The maximum absolute atomic E-state index is 12.5. The van der Waals surface area contributed by atoms with Gasteiger partial charge < -0.3 is 15.0 Å². The van der Waals surface area contributed by atoms with Crippen molar-refractivity contribution in [2.75, 3.05) is 19.0 Å². The lowest BCUT2D eigenvalue weighted by Gasteiger charge is -2.17. The average molecular weight is 361 g/mol. The molecular weight excluding hydrogens is 338 g/mol. The van der Waals surface area contributed by atoms with Gasteiger partial charge in [-0.1, -0.05) is 30.3 Å². The number of nitrogens with one attached hydrogen (secondary N) is 1. The summed E-state index contributed by atoms with van der Waals surface area (Å²) in [5.41, 5.74) is 3.26. The van der Waals surface area contributed by atoms with Crippen LogP contribution in [0.3, 0.4) is 0 Å². The third-order valence-corrected chi connectivity index (χ3v) is 4.05. The van der Waals surface area contributed by atoms with E-state index in [1.54, 1.807) is 24.2 Å². The van der Waals surface area contributed by atoms with Gasteiger partial charge in [-0.05, 0) is 48.9 Å². The molecule has 1 aromatic heterocycles. The Morgan fingerprint density at radius 1 is 1.00 bits per heavy atom. The molecule has 0 saturated carbocycles. The van der Waals surface area contributed by atoms with Crippen LogP contribution in [-0.4, -0.2) is 29.4 Å². The molecule has 0 radical (unpaired) electrons.